The van der Waals surface area contributed by atoms with E-state index in [1.165, 1.54) is 0 Å². The Morgan fingerprint density at radius 2 is 2.11 bits per heavy atom. The molecule has 0 saturated carbocycles. The molecule has 0 spiro atoms. The van der Waals surface area contributed by atoms with Crippen molar-refractivity contribution in [2.24, 2.45) is 0 Å². The van der Waals surface area contributed by atoms with Crippen LogP contribution in [0.5, 0.6) is 0 Å². The Labute approximate surface area is 107 Å². The van der Waals surface area contributed by atoms with E-state index >= 15 is 0 Å². The zero-order valence-corrected chi connectivity index (χ0v) is 10.9. The van der Waals surface area contributed by atoms with Crippen molar-refractivity contribution in [2.45, 2.75) is 33.2 Å². The number of benzene rings is 1. The molecule has 2 aromatic rings. The molecule has 0 atom stereocenters. The number of aromatic nitrogens is 2. The van der Waals surface area contributed by atoms with Crippen LogP contribution in [0.1, 0.15) is 42.0 Å². The van der Waals surface area contributed by atoms with Gasteiger partial charge in [-0.2, -0.15) is 0 Å². The van der Waals surface area contributed by atoms with E-state index in [4.69, 9.17) is 0 Å². The van der Waals surface area contributed by atoms with Gasteiger partial charge in [-0.05, 0) is 18.9 Å². The summed E-state index contributed by atoms with van der Waals surface area (Å²) < 4.78 is 2.15. The van der Waals surface area contributed by atoms with E-state index in [-0.39, 0.29) is 5.78 Å². The van der Waals surface area contributed by atoms with Crippen molar-refractivity contribution in [3.63, 3.8) is 0 Å². The molecule has 0 N–H and O–H groups in total. The summed E-state index contributed by atoms with van der Waals surface area (Å²) in [5.41, 5.74) is 1.84. The summed E-state index contributed by atoms with van der Waals surface area (Å²) >= 11 is 0. The van der Waals surface area contributed by atoms with E-state index in [0.29, 0.717) is 6.42 Å². The number of nitrogens with zero attached hydrogens (tertiary/aromatic N) is 2. The summed E-state index contributed by atoms with van der Waals surface area (Å²) in [6, 6.07) is 7.75. The van der Waals surface area contributed by atoms with Gasteiger partial charge in [-0.25, -0.2) is 4.98 Å². The smallest absolute Gasteiger partial charge is 0.160 e. The summed E-state index contributed by atoms with van der Waals surface area (Å²) in [7, 11) is 0. The number of Topliss-reactive ketones (excluding diaryl/α,β-unsaturated/α-hetero) is 1. The second kappa shape index (κ2) is 5.63. The van der Waals surface area contributed by atoms with E-state index in [0.717, 1.165) is 29.9 Å². The van der Waals surface area contributed by atoms with Crippen molar-refractivity contribution in [3.8, 4) is 0 Å². The maximum atomic E-state index is 11.6. The third-order valence-electron chi connectivity index (χ3n) is 3.01. The Morgan fingerprint density at radius 1 is 1.33 bits per heavy atom. The first-order valence-electron chi connectivity index (χ1n) is 6.31. The van der Waals surface area contributed by atoms with Gasteiger partial charge < -0.3 is 4.57 Å². The van der Waals surface area contributed by atoms with E-state index < -0.39 is 0 Å². The Bertz CT molecular complexity index is 543. The molecule has 0 aliphatic carbocycles. The van der Waals surface area contributed by atoms with Gasteiger partial charge in [-0.3, -0.25) is 4.79 Å². The van der Waals surface area contributed by atoms with Gasteiger partial charge >= 0.3 is 0 Å². The van der Waals surface area contributed by atoms with Gasteiger partial charge in [-0.15, -0.1) is 0 Å². The lowest BCUT2D eigenvalue weighted by atomic mass is 10.0. The molecule has 0 bridgehead atoms. The number of rotatable bonds is 5. The number of hydrogen-bond acceptors (Lipinski definition) is 2. The Balaban J connectivity index is 2.28. The highest BCUT2D eigenvalue weighted by Crippen LogP contribution is 2.14. The molecule has 18 heavy (non-hydrogen) atoms. The van der Waals surface area contributed by atoms with Gasteiger partial charge in [0.1, 0.15) is 5.82 Å². The van der Waals surface area contributed by atoms with Crippen molar-refractivity contribution >= 4 is 5.78 Å². The molecule has 1 aromatic carbocycles. The van der Waals surface area contributed by atoms with E-state index in [9.17, 15) is 4.79 Å². The second-order valence-corrected chi connectivity index (χ2v) is 4.43. The summed E-state index contributed by atoms with van der Waals surface area (Å²) in [4.78, 5) is 16.0. The lowest BCUT2D eigenvalue weighted by molar-refractivity contribution is 0.101. The average molecular weight is 242 g/mol. The summed E-state index contributed by atoms with van der Waals surface area (Å²) in [6.07, 6.45) is 5.61. The molecule has 0 fully saturated rings. The number of hydrogen-bond donors (Lipinski definition) is 0. The minimum absolute atomic E-state index is 0.110. The van der Waals surface area contributed by atoms with E-state index in [2.05, 4.69) is 16.5 Å². The topological polar surface area (TPSA) is 34.9 Å². The van der Waals surface area contributed by atoms with Crippen molar-refractivity contribution in [1.82, 2.24) is 9.55 Å². The number of ketones is 1. The normalized spacial score (nSPS) is 10.6. The molecular weight excluding hydrogens is 224 g/mol. The van der Waals surface area contributed by atoms with Crippen LogP contribution >= 0.6 is 0 Å². The van der Waals surface area contributed by atoms with Crippen molar-refractivity contribution < 1.29 is 4.79 Å². The fourth-order valence-corrected chi connectivity index (χ4v) is 2.14. The van der Waals surface area contributed by atoms with Crippen LogP contribution in [-0.2, 0) is 13.0 Å². The highest BCUT2D eigenvalue weighted by Gasteiger charge is 2.09. The first-order chi connectivity index (χ1) is 8.72. The highest BCUT2D eigenvalue weighted by molar-refractivity contribution is 5.95. The molecule has 0 aliphatic rings. The number of aryl methyl sites for hydroxylation is 1. The highest BCUT2D eigenvalue weighted by atomic mass is 16.1. The van der Waals surface area contributed by atoms with Gasteiger partial charge in [0.15, 0.2) is 5.78 Å². The zero-order chi connectivity index (χ0) is 13.0. The Hall–Kier alpha value is -1.90. The standard InChI is InChI=1S/C15H18N2O/c1-3-9-17-10-8-16-15(17)11-13-6-4-5-7-14(13)12(2)18/h4-8,10H,3,9,11H2,1-2H3. The van der Waals surface area contributed by atoms with Gasteiger partial charge in [0.25, 0.3) is 0 Å². The van der Waals surface area contributed by atoms with Gasteiger partial charge in [0.05, 0.1) is 0 Å². The SMILES string of the molecule is CCCn1ccnc1Cc1ccccc1C(C)=O. The Kier molecular flexibility index (Phi) is 3.92. The molecule has 0 radical (unpaired) electrons. The van der Waals surface area contributed by atoms with Crippen LogP contribution in [0.2, 0.25) is 0 Å². The number of carbonyl (C=O) groups excluding carboxylic acids is 1. The first-order valence-corrected chi connectivity index (χ1v) is 6.31. The van der Waals surface area contributed by atoms with Crippen LogP contribution in [-0.4, -0.2) is 15.3 Å². The van der Waals surface area contributed by atoms with Crippen LogP contribution < -0.4 is 0 Å². The average Bonchev–Trinajstić information content (AvgIpc) is 2.78. The molecule has 0 aliphatic heterocycles. The third kappa shape index (κ3) is 2.67. The van der Waals surface area contributed by atoms with Crippen LogP contribution in [0.15, 0.2) is 36.7 Å². The molecule has 1 aromatic heterocycles. The minimum atomic E-state index is 0.110. The largest absolute Gasteiger partial charge is 0.335 e. The van der Waals surface area contributed by atoms with Gasteiger partial charge in [0, 0.05) is 30.9 Å². The van der Waals surface area contributed by atoms with Crippen LogP contribution in [0.25, 0.3) is 0 Å². The van der Waals surface area contributed by atoms with Gasteiger partial charge in [0.2, 0.25) is 0 Å². The van der Waals surface area contributed by atoms with Crippen molar-refractivity contribution in [1.29, 1.82) is 0 Å². The lowest BCUT2D eigenvalue weighted by Crippen LogP contribution is -2.06. The molecule has 3 heteroatoms. The third-order valence-corrected chi connectivity index (χ3v) is 3.01. The lowest BCUT2D eigenvalue weighted by Gasteiger charge is -2.09. The predicted molar refractivity (Wildman–Crippen MR) is 71.8 cm³/mol. The molecule has 3 nitrogen and oxygen atoms in total. The molecular formula is C15H18N2O. The van der Waals surface area contributed by atoms with Crippen LogP contribution in [0.3, 0.4) is 0 Å². The maximum absolute atomic E-state index is 11.6. The fourth-order valence-electron chi connectivity index (χ4n) is 2.14. The van der Waals surface area contributed by atoms with Crippen LogP contribution in [0.4, 0.5) is 0 Å². The molecule has 94 valence electrons. The monoisotopic (exact) mass is 242 g/mol. The summed E-state index contributed by atoms with van der Waals surface area (Å²) in [5.74, 6) is 1.13. The van der Waals surface area contributed by atoms with Crippen molar-refractivity contribution in [3.05, 3.63) is 53.6 Å². The predicted octanol–water partition coefficient (Wildman–Crippen LogP) is 3.09. The van der Waals surface area contributed by atoms with Crippen LogP contribution in [0, 0.1) is 0 Å². The fraction of sp³-hybridized carbons (Fsp3) is 0.333. The molecule has 0 saturated heterocycles. The number of imidazole rings is 1. The Morgan fingerprint density at radius 3 is 2.83 bits per heavy atom. The van der Waals surface area contributed by atoms with Crippen molar-refractivity contribution in [2.75, 3.05) is 0 Å². The molecule has 2 rings (SSSR count). The van der Waals surface area contributed by atoms with E-state index in [1.807, 2.05) is 36.7 Å². The van der Waals surface area contributed by atoms with E-state index in [1.54, 1.807) is 6.92 Å². The summed E-state index contributed by atoms with van der Waals surface area (Å²) in [6.45, 7) is 4.72. The number of carbonyl (C=O) groups is 1. The second-order valence-electron chi connectivity index (χ2n) is 4.43. The molecule has 1 heterocycles. The molecule has 0 amide bonds. The first kappa shape index (κ1) is 12.6. The quantitative estimate of drug-likeness (QED) is 0.755. The summed E-state index contributed by atoms with van der Waals surface area (Å²) in [5, 5.41) is 0. The molecule has 0 unspecified atom stereocenters. The zero-order valence-electron chi connectivity index (χ0n) is 10.9. The minimum Gasteiger partial charge on any atom is -0.335 e. The maximum Gasteiger partial charge on any atom is 0.160 e. The van der Waals surface area contributed by atoms with Gasteiger partial charge in [-0.1, -0.05) is 31.2 Å².